The Morgan fingerprint density at radius 1 is 1.17 bits per heavy atom. The Balaban J connectivity index is 1.85. The molecule has 23 heavy (non-hydrogen) atoms. The smallest absolute Gasteiger partial charge is 0.238 e. The van der Waals surface area contributed by atoms with Crippen LogP contribution in [0.15, 0.2) is 41.6 Å². The number of carbonyl (C=O) groups excluding carboxylic acids is 2. The average Bonchev–Trinajstić information content (AvgIpc) is 2.78. The van der Waals surface area contributed by atoms with Gasteiger partial charge in [-0.3, -0.25) is 14.6 Å². The number of allylic oxidation sites excluding steroid dienone is 2. The molecule has 4 rings (SSSR count). The average molecular weight is 327 g/mol. The van der Waals surface area contributed by atoms with E-state index >= 15 is 0 Å². The molecule has 0 spiro atoms. The van der Waals surface area contributed by atoms with Crippen molar-refractivity contribution < 1.29 is 9.59 Å². The van der Waals surface area contributed by atoms with Crippen molar-refractivity contribution in [3.05, 3.63) is 47.1 Å². The van der Waals surface area contributed by atoms with Crippen LogP contribution in [0.5, 0.6) is 0 Å². The van der Waals surface area contributed by atoms with Crippen LogP contribution in [-0.2, 0) is 9.59 Å². The van der Waals surface area contributed by atoms with Gasteiger partial charge in [-0.15, -0.1) is 0 Å². The van der Waals surface area contributed by atoms with E-state index in [9.17, 15) is 9.59 Å². The highest BCUT2D eigenvalue weighted by atomic mass is 35.5. The largest absolute Gasteiger partial charge is 0.274 e. The van der Waals surface area contributed by atoms with Gasteiger partial charge >= 0.3 is 0 Å². The minimum atomic E-state index is -0.347. The van der Waals surface area contributed by atoms with E-state index in [4.69, 9.17) is 11.6 Å². The normalized spacial score (nSPS) is 24.1. The molecule has 0 N–H and O–H groups in total. The molecule has 5 heteroatoms. The number of carbonyl (C=O) groups is 2. The molecular formula is C18H15ClN2O2. The molecule has 1 aliphatic heterocycles. The lowest BCUT2D eigenvalue weighted by atomic mass is 9.85. The molecule has 0 saturated carbocycles. The summed E-state index contributed by atoms with van der Waals surface area (Å²) in [6.45, 7) is 1.99. The first-order valence-electron chi connectivity index (χ1n) is 7.64. The van der Waals surface area contributed by atoms with Gasteiger partial charge in [0.15, 0.2) is 0 Å². The van der Waals surface area contributed by atoms with Gasteiger partial charge in [-0.05, 0) is 37.5 Å². The molecule has 2 aromatic rings. The van der Waals surface area contributed by atoms with E-state index in [-0.39, 0.29) is 23.7 Å². The lowest BCUT2D eigenvalue weighted by Gasteiger charge is -2.17. The molecule has 2 amide bonds. The van der Waals surface area contributed by atoms with Gasteiger partial charge in [0.05, 0.1) is 23.0 Å². The van der Waals surface area contributed by atoms with E-state index in [1.807, 2.05) is 31.2 Å². The third kappa shape index (κ3) is 2.09. The molecule has 2 atom stereocenters. The first kappa shape index (κ1) is 14.4. The van der Waals surface area contributed by atoms with E-state index in [1.165, 1.54) is 4.90 Å². The molecule has 0 radical (unpaired) electrons. The second kappa shape index (κ2) is 5.17. The fourth-order valence-electron chi connectivity index (χ4n) is 3.54. The summed E-state index contributed by atoms with van der Waals surface area (Å²) in [6.07, 6.45) is 4.53. The zero-order chi connectivity index (χ0) is 16.1. The van der Waals surface area contributed by atoms with Crippen molar-refractivity contribution in [3.8, 4) is 0 Å². The van der Waals surface area contributed by atoms with Crippen LogP contribution >= 0.6 is 11.6 Å². The van der Waals surface area contributed by atoms with E-state index in [2.05, 4.69) is 4.98 Å². The number of hydrogen-bond donors (Lipinski definition) is 0. The summed E-state index contributed by atoms with van der Waals surface area (Å²) < 4.78 is 0. The van der Waals surface area contributed by atoms with E-state index in [1.54, 1.807) is 12.3 Å². The SMILES string of the molecule is Cc1ccnc2c(N3C(=O)C4CC=C(Cl)CC4C3=O)cccc12. The number of fused-ring (bicyclic) bond motifs is 2. The maximum absolute atomic E-state index is 12.8. The number of hydrogen-bond acceptors (Lipinski definition) is 3. The predicted molar refractivity (Wildman–Crippen MR) is 89.1 cm³/mol. The molecule has 116 valence electrons. The predicted octanol–water partition coefficient (Wildman–Crippen LogP) is 3.57. The summed E-state index contributed by atoms with van der Waals surface area (Å²) in [6, 6.07) is 7.53. The summed E-state index contributed by atoms with van der Waals surface area (Å²) in [5, 5.41) is 1.62. The van der Waals surface area contributed by atoms with Gasteiger partial charge in [-0.25, -0.2) is 4.90 Å². The van der Waals surface area contributed by atoms with Gasteiger partial charge < -0.3 is 0 Å². The zero-order valence-corrected chi connectivity index (χ0v) is 13.4. The Morgan fingerprint density at radius 3 is 2.78 bits per heavy atom. The number of aromatic nitrogens is 1. The van der Waals surface area contributed by atoms with Crippen molar-refractivity contribution in [1.82, 2.24) is 4.98 Å². The fraction of sp³-hybridized carbons (Fsp3) is 0.278. The van der Waals surface area contributed by atoms with E-state index < -0.39 is 0 Å². The van der Waals surface area contributed by atoms with Gasteiger partial charge in [-0.1, -0.05) is 29.8 Å². The van der Waals surface area contributed by atoms with Crippen molar-refractivity contribution in [1.29, 1.82) is 0 Å². The Labute approximate surface area is 138 Å². The molecule has 1 aromatic carbocycles. The summed E-state index contributed by atoms with van der Waals surface area (Å²) in [5.41, 5.74) is 2.33. The molecule has 0 bridgehead atoms. The van der Waals surface area contributed by atoms with Crippen LogP contribution in [0.4, 0.5) is 5.69 Å². The number of anilines is 1. The van der Waals surface area contributed by atoms with Crippen LogP contribution in [0.1, 0.15) is 18.4 Å². The summed E-state index contributed by atoms with van der Waals surface area (Å²) >= 11 is 6.07. The number of para-hydroxylation sites is 1. The first-order chi connectivity index (χ1) is 11.1. The topological polar surface area (TPSA) is 50.3 Å². The standard InChI is InChI=1S/C18H15ClN2O2/c1-10-7-8-20-16-12(10)3-2-4-15(16)21-17(22)13-6-5-11(19)9-14(13)18(21)23/h2-5,7-8,13-14H,6,9H2,1H3. The lowest BCUT2D eigenvalue weighted by molar-refractivity contribution is -0.122. The van der Waals surface area contributed by atoms with Crippen molar-refractivity contribution in [3.63, 3.8) is 0 Å². The number of benzene rings is 1. The molecule has 2 aliphatic rings. The summed E-state index contributed by atoms with van der Waals surface area (Å²) in [5.74, 6) is -0.955. The van der Waals surface area contributed by atoms with Crippen LogP contribution < -0.4 is 4.90 Å². The van der Waals surface area contributed by atoms with E-state index in [0.717, 1.165) is 10.9 Å². The number of imide groups is 1. The quantitative estimate of drug-likeness (QED) is 0.753. The molecular weight excluding hydrogens is 312 g/mol. The van der Waals surface area contributed by atoms with Gasteiger partial charge in [0.25, 0.3) is 0 Å². The third-order valence-electron chi connectivity index (χ3n) is 4.78. The summed E-state index contributed by atoms with van der Waals surface area (Å²) in [7, 11) is 0. The van der Waals surface area contributed by atoms with Crippen LogP contribution in [-0.4, -0.2) is 16.8 Å². The second-order valence-electron chi connectivity index (χ2n) is 6.12. The number of amides is 2. The van der Waals surface area contributed by atoms with Gasteiger partial charge in [0, 0.05) is 16.6 Å². The van der Waals surface area contributed by atoms with Crippen LogP contribution in [0.3, 0.4) is 0 Å². The first-order valence-corrected chi connectivity index (χ1v) is 8.02. The summed E-state index contributed by atoms with van der Waals surface area (Å²) in [4.78, 5) is 31.3. The number of aryl methyl sites for hydroxylation is 1. The Kier molecular flexibility index (Phi) is 3.23. The molecule has 1 aliphatic carbocycles. The van der Waals surface area contributed by atoms with Gasteiger partial charge in [-0.2, -0.15) is 0 Å². The fourth-order valence-corrected chi connectivity index (χ4v) is 3.80. The number of nitrogens with zero attached hydrogens (tertiary/aromatic N) is 2. The zero-order valence-electron chi connectivity index (χ0n) is 12.6. The Hall–Kier alpha value is -2.20. The van der Waals surface area contributed by atoms with E-state index in [0.29, 0.717) is 29.1 Å². The maximum Gasteiger partial charge on any atom is 0.238 e. The van der Waals surface area contributed by atoms with Crippen LogP contribution in [0.25, 0.3) is 10.9 Å². The minimum absolute atomic E-state index is 0.142. The maximum atomic E-state index is 12.8. The lowest BCUT2D eigenvalue weighted by Crippen LogP contribution is -2.31. The third-order valence-corrected chi connectivity index (χ3v) is 5.09. The Bertz CT molecular complexity index is 874. The minimum Gasteiger partial charge on any atom is -0.274 e. The van der Waals surface area contributed by atoms with Crippen molar-refractivity contribution >= 4 is 40.0 Å². The van der Waals surface area contributed by atoms with Crippen molar-refractivity contribution in [2.75, 3.05) is 4.90 Å². The van der Waals surface area contributed by atoms with Crippen LogP contribution in [0.2, 0.25) is 0 Å². The molecule has 4 nitrogen and oxygen atoms in total. The number of rotatable bonds is 1. The highest BCUT2D eigenvalue weighted by Gasteiger charge is 2.49. The molecule has 1 fully saturated rings. The highest BCUT2D eigenvalue weighted by Crippen LogP contribution is 2.42. The number of halogens is 1. The van der Waals surface area contributed by atoms with Gasteiger partial charge in [0.2, 0.25) is 11.8 Å². The van der Waals surface area contributed by atoms with Gasteiger partial charge in [0.1, 0.15) is 0 Å². The molecule has 1 saturated heterocycles. The molecule has 2 heterocycles. The number of pyridine rings is 1. The van der Waals surface area contributed by atoms with Crippen molar-refractivity contribution in [2.24, 2.45) is 11.8 Å². The molecule has 2 unspecified atom stereocenters. The Morgan fingerprint density at radius 2 is 1.96 bits per heavy atom. The second-order valence-corrected chi connectivity index (χ2v) is 6.60. The highest BCUT2D eigenvalue weighted by molar-refractivity contribution is 6.31. The van der Waals surface area contributed by atoms with Crippen LogP contribution in [0, 0.1) is 18.8 Å². The molecule has 1 aromatic heterocycles. The van der Waals surface area contributed by atoms with Crippen molar-refractivity contribution in [2.45, 2.75) is 19.8 Å². The monoisotopic (exact) mass is 326 g/mol.